The maximum atomic E-state index is 11.4. The molecule has 0 saturated carbocycles. The van der Waals surface area contributed by atoms with Gasteiger partial charge in [-0.25, -0.2) is 0 Å². The zero-order valence-electron chi connectivity index (χ0n) is 17.0. The standard InChI is InChI=1S/C20H38O7/c1-2-3-4-5-8-19(21)25-17-15-23-13-11-22-12-14-24-16-18-27-20-9-6-7-10-26-20/h20H,2-18H2,1H3. The van der Waals surface area contributed by atoms with Crippen molar-refractivity contribution >= 4 is 5.97 Å². The van der Waals surface area contributed by atoms with Crippen LogP contribution < -0.4 is 0 Å². The topological polar surface area (TPSA) is 72.5 Å². The second kappa shape index (κ2) is 18.6. The van der Waals surface area contributed by atoms with Gasteiger partial charge in [-0.3, -0.25) is 4.79 Å². The molecule has 1 heterocycles. The Balaban J connectivity index is 1.71. The first-order valence-electron chi connectivity index (χ1n) is 10.4. The normalized spacial score (nSPS) is 17.1. The minimum absolute atomic E-state index is 0.0592. The third-order valence-electron chi connectivity index (χ3n) is 4.14. The van der Waals surface area contributed by atoms with Crippen LogP contribution in [0.25, 0.3) is 0 Å². The number of rotatable bonds is 18. The molecule has 0 aromatic carbocycles. The average molecular weight is 391 g/mol. The molecule has 0 aliphatic carbocycles. The van der Waals surface area contributed by atoms with Crippen LogP contribution in [-0.4, -0.2) is 71.7 Å². The summed E-state index contributed by atoms with van der Waals surface area (Å²) in [6.07, 6.45) is 8.05. The number of hydrogen-bond donors (Lipinski definition) is 0. The summed E-state index contributed by atoms with van der Waals surface area (Å²) < 4.78 is 32.4. The fourth-order valence-corrected chi connectivity index (χ4v) is 2.61. The summed E-state index contributed by atoms with van der Waals surface area (Å²) in [6, 6.07) is 0. The van der Waals surface area contributed by atoms with Crippen molar-refractivity contribution < 1.29 is 33.2 Å². The third-order valence-corrected chi connectivity index (χ3v) is 4.14. The van der Waals surface area contributed by atoms with Gasteiger partial charge in [0.15, 0.2) is 6.29 Å². The van der Waals surface area contributed by atoms with Crippen LogP contribution in [0.1, 0.15) is 58.3 Å². The van der Waals surface area contributed by atoms with E-state index in [1.165, 1.54) is 19.3 Å². The summed E-state index contributed by atoms with van der Waals surface area (Å²) in [4.78, 5) is 11.4. The van der Waals surface area contributed by atoms with Gasteiger partial charge in [0, 0.05) is 13.0 Å². The predicted molar refractivity (Wildman–Crippen MR) is 102 cm³/mol. The van der Waals surface area contributed by atoms with E-state index in [0.29, 0.717) is 59.3 Å². The van der Waals surface area contributed by atoms with Crippen LogP contribution in [0.5, 0.6) is 0 Å². The monoisotopic (exact) mass is 390 g/mol. The van der Waals surface area contributed by atoms with Gasteiger partial charge >= 0.3 is 5.97 Å². The highest BCUT2D eigenvalue weighted by molar-refractivity contribution is 5.69. The Kier molecular flexibility index (Phi) is 16.8. The lowest BCUT2D eigenvalue weighted by molar-refractivity contribution is -0.169. The second-order valence-electron chi connectivity index (χ2n) is 6.54. The van der Waals surface area contributed by atoms with Crippen molar-refractivity contribution in [2.24, 2.45) is 0 Å². The van der Waals surface area contributed by atoms with Crippen molar-refractivity contribution in [3.63, 3.8) is 0 Å². The Labute approximate surface area is 164 Å². The molecule has 160 valence electrons. The molecule has 1 unspecified atom stereocenters. The van der Waals surface area contributed by atoms with Crippen molar-refractivity contribution in [3.05, 3.63) is 0 Å². The van der Waals surface area contributed by atoms with Crippen LogP contribution in [0, 0.1) is 0 Å². The molecule has 1 fully saturated rings. The van der Waals surface area contributed by atoms with E-state index in [-0.39, 0.29) is 12.3 Å². The summed E-state index contributed by atoms with van der Waals surface area (Å²) in [5, 5.41) is 0. The summed E-state index contributed by atoms with van der Waals surface area (Å²) in [5.41, 5.74) is 0. The highest BCUT2D eigenvalue weighted by Crippen LogP contribution is 2.13. The molecule has 0 bridgehead atoms. The molecule has 0 aromatic heterocycles. The van der Waals surface area contributed by atoms with Gasteiger partial charge in [-0.05, 0) is 25.7 Å². The summed E-state index contributed by atoms with van der Waals surface area (Å²) in [6.45, 7) is 6.78. The number of carbonyl (C=O) groups excluding carboxylic acids is 1. The van der Waals surface area contributed by atoms with Gasteiger partial charge in [0.25, 0.3) is 0 Å². The molecular weight excluding hydrogens is 352 g/mol. The number of esters is 1. The first kappa shape index (κ1) is 24.3. The van der Waals surface area contributed by atoms with E-state index in [1.54, 1.807) is 0 Å². The molecule has 7 nitrogen and oxygen atoms in total. The van der Waals surface area contributed by atoms with Gasteiger partial charge in [-0.2, -0.15) is 0 Å². The van der Waals surface area contributed by atoms with Crippen molar-refractivity contribution in [3.8, 4) is 0 Å². The zero-order valence-corrected chi connectivity index (χ0v) is 17.0. The second-order valence-corrected chi connectivity index (χ2v) is 6.54. The van der Waals surface area contributed by atoms with E-state index in [0.717, 1.165) is 32.3 Å². The Bertz CT molecular complexity index is 332. The average Bonchev–Trinajstić information content (AvgIpc) is 2.69. The van der Waals surface area contributed by atoms with Crippen molar-refractivity contribution in [2.75, 3.05) is 59.5 Å². The predicted octanol–water partition coefficient (Wildman–Crippen LogP) is 3.09. The van der Waals surface area contributed by atoms with Crippen LogP contribution in [0.3, 0.4) is 0 Å². The van der Waals surface area contributed by atoms with E-state index in [1.807, 2.05) is 0 Å². The fraction of sp³-hybridized carbons (Fsp3) is 0.950. The van der Waals surface area contributed by atoms with Crippen molar-refractivity contribution in [1.82, 2.24) is 0 Å². The van der Waals surface area contributed by atoms with Crippen LogP contribution >= 0.6 is 0 Å². The number of ether oxygens (including phenoxy) is 6. The largest absolute Gasteiger partial charge is 0.463 e. The lowest BCUT2D eigenvalue weighted by Gasteiger charge is -2.22. The number of unbranched alkanes of at least 4 members (excludes halogenated alkanes) is 3. The Morgan fingerprint density at radius 2 is 1.52 bits per heavy atom. The minimum atomic E-state index is -0.137. The van der Waals surface area contributed by atoms with Crippen LogP contribution in [0.15, 0.2) is 0 Å². The molecule has 1 rings (SSSR count). The lowest BCUT2D eigenvalue weighted by atomic mass is 10.2. The number of carbonyl (C=O) groups is 1. The SMILES string of the molecule is CCCCCCC(=O)OCCOCCOCCOCCOC1CCCCO1. The molecular formula is C20H38O7. The molecule has 0 amide bonds. The van der Waals surface area contributed by atoms with Crippen molar-refractivity contribution in [1.29, 1.82) is 0 Å². The van der Waals surface area contributed by atoms with Gasteiger partial charge < -0.3 is 28.4 Å². The number of hydrogen-bond acceptors (Lipinski definition) is 7. The molecule has 1 atom stereocenters. The quantitative estimate of drug-likeness (QED) is 0.263. The van der Waals surface area contributed by atoms with Gasteiger partial charge in [0.1, 0.15) is 6.61 Å². The smallest absolute Gasteiger partial charge is 0.305 e. The lowest BCUT2D eigenvalue weighted by Crippen LogP contribution is -2.24. The van der Waals surface area contributed by atoms with E-state index < -0.39 is 0 Å². The minimum Gasteiger partial charge on any atom is -0.463 e. The van der Waals surface area contributed by atoms with E-state index >= 15 is 0 Å². The van der Waals surface area contributed by atoms with Gasteiger partial charge in [0.2, 0.25) is 0 Å². The molecule has 0 spiro atoms. The van der Waals surface area contributed by atoms with Crippen LogP contribution in [-0.2, 0) is 33.2 Å². The summed E-state index contributed by atoms with van der Waals surface area (Å²) in [5.74, 6) is -0.137. The van der Waals surface area contributed by atoms with Gasteiger partial charge in [0.05, 0.1) is 46.2 Å². The maximum absolute atomic E-state index is 11.4. The summed E-state index contributed by atoms with van der Waals surface area (Å²) >= 11 is 0. The van der Waals surface area contributed by atoms with Gasteiger partial charge in [-0.1, -0.05) is 26.2 Å². The van der Waals surface area contributed by atoms with E-state index in [2.05, 4.69) is 6.92 Å². The third kappa shape index (κ3) is 16.0. The molecule has 1 aliphatic heterocycles. The van der Waals surface area contributed by atoms with Gasteiger partial charge in [-0.15, -0.1) is 0 Å². The molecule has 0 aromatic rings. The first-order valence-corrected chi connectivity index (χ1v) is 10.4. The van der Waals surface area contributed by atoms with Crippen LogP contribution in [0.2, 0.25) is 0 Å². The Morgan fingerprint density at radius 1 is 0.852 bits per heavy atom. The highest BCUT2D eigenvalue weighted by Gasteiger charge is 2.13. The van der Waals surface area contributed by atoms with E-state index in [9.17, 15) is 4.79 Å². The molecule has 1 aliphatic rings. The summed E-state index contributed by atoms with van der Waals surface area (Å²) in [7, 11) is 0. The van der Waals surface area contributed by atoms with E-state index in [4.69, 9.17) is 28.4 Å². The zero-order chi connectivity index (χ0) is 19.4. The molecule has 0 radical (unpaired) electrons. The maximum Gasteiger partial charge on any atom is 0.305 e. The molecule has 1 saturated heterocycles. The highest BCUT2D eigenvalue weighted by atomic mass is 16.7. The molecule has 27 heavy (non-hydrogen) atoms. The molecule has 0 N–H and O–H groups in total. The van der Waals surface area contributed by atoms with Crippen molar-refractivity contribution in [2.45, 2.75) is 64.6 Å². The van der Waals surface area contributed by atoms with Crippen LogP contribution in [0.4, 0.5) is 0 Å². The Morgan fingerprint density at radius 3 is 2.15 bits per heavy atom. The Hall–Kier alpha value is -0.730. The molecule has 7 heteroatoms. The first-order chi connectivity index (χ1) is 13.3. The fourth-order valence-electron chi connectivity index (χ4n) is 2.61.